The average molecular weight is 636 g/mol. The molecule has 3 aliphatic rings. The molecule has 2 aromatic rings. The first kappa shape index (κ1) is 32.7. The van der Waals surface area contributed by atoms with Crippen LogP contribution in [0.4, 0.5) is 11.4 Å². The molecule has 3 amide bonds. The summed E-state index contributed by atoms with van der Waals surface area (Å²) in [4.78, 5) is 48.4. The highest BCUT2D eigenvalue weighted by Crippen LogP contribution is 2.65. The Morgan fingerprint density at radius 3 is 2.40 bits per heavy atom. The normalized spacial score (nSPS) is 28.1. The molecule has 1 N–H and O–H groups in total. The number of carbonyl (C=O) groups is 3. The highest BCUT2D eigenvalue weighted by molar-refractivity contribution is 6.34. The summed E-state index contributed by atoms with van der Waals surface area (Å²) >= 11 is 6.64. The van der Waals surface area contributed by atoms with Crippen molar-refractivity contribution in [2.45, 2.75) is 51.4 Å². The molecule has 9 nitrogen and oxygen atoms in total. The molecule has 3 saturated heterocycles. The number of ether oxygens (including phenoxy) is 2. The SMILES string of the molecule is C=CCN(C(=O)[C@@H]1[C@H]2C(=O)N(CCO)C(C(=O)N(CC=C)c3c(C)cccc3Cl)C23CC(C)[C@@]1(C)O3)c1ccc(OCC)cc1. The number of β-amino-alcohol motifs (C(OH)–C–C–N with tert-alkyl or cyclic N) is 1. The van der Waals surface area contributed by atoms with E-state index in [-0.39, 0.29) is 44.0 Å². The number of benzene rings is 2. The number of aliphatic hydroxyl groups excluding tert-OH is 1. The quantitative estimate of drug-likeness (QED) is 0.337. The number of fused-ring (bicyclic) bond motifs is 1. The van der Waals surface area contributed by atoms with Crippen LogP contribution in [0.5, 0.6) is 5.75 Å². The second-order valence-corrected chi connectivity index (χ2v) is 12.7. The molecule has 2 aromatic carbocycles. The zero-order chi connectivity index (χ0) is 32.7. The molecule has 0 aliphatic carbocycles. The number of amides is 3. The summed E-state index contributed by atoms with van der Waals surface area (Å²) in [5.41, 5.74) is -0.369. The van der Waals surface area contributed by atoms with Gasteiger partial charge in [0.1, 0.15) is 17.4 Å². The van der Waals surface area contributed by atoms with Gasteiger partial charge in [-0.15, -0.1) is 13.2 Å². The fourth-order valence-corrected chi connectivity index (χ4v) is 8.11. The Hall–Kier alpha value is -3.66. The number of aryl methyl sites for hydroxylation is 1. The number of hydrogen-bond donors (Lipinski definition) is 1. The average Bonchev–Trinajstić information content (AvgIpc) is 3.52. The van der Waals surface area contributed by atoms with E-state index >= 15 is 0 Å². The third-order valence-corrected chi connectivity index (χ3v) is 10.0. The van der Waals surface area contributed by atoms with Gasteiger partial charge in [0.15, 0.2) is 0 Å². The van der Waals surface area contributed by atoms with Crippen LogP contribution in [0.2, 0.25) is 5.02 Å². The Balaban J connectivity index is 1.60. The summed E-state index contributed by atoms with van der Waals surface area (Å²) in [6.45, 7) is 15.8. The van der Waals surface area contributed by atoms with E-state index in [0.29, 0.717) is 35.2 Å². The van der Waals surface area contributed by atoms with Crippen LogP contribution in [0.15, 0.2) is 67.8 Å². The predicted molar refractivity (Wildman–Crippen MR) is 174 cm³/mol. The third kappa shape index (κ3) is 5.15. The lowest BCUT2D eigenvalue weighted by molar-refractivity contribution is -0.146. The summed E-state index contributed by atoms with van der Waals surface area (Å²) < 4.78 is 12.5. The molecule has 3 heterocycles. The van der Waals surface area contributed by atoms with E-state index < -0.39 is 35.0 Å². The van der Waals surface area contributed by atoms with E-state index in [1.807, 2.05) is 52.0 Å². The van der Waals surface area contributed by atoms with Gasteiger partial charge in [-0.25, -0.2) is 0 Å². The number of para-hydroxylation sites is 1. The van der Waals surface area contributed by atoms with Crippen molar-refractivity contribution in [1.29, 1.82) is 0 Å². The van der Waals surface area contributed by atoms with Gasteiger partial charge in [0.2, 0.25) is 11.8 Å². The third-order valence-electron chi connectivity index (χ3n) is 9.73. The first-order valence-electron chi connectivity index (χ1n) is 15.4. The van der Waals surface area contributed by atoms with Crippen molar-refractivity contribution in [3.63, 3.8) is 0 Å². The summed E-state index contributed by atoms with van der Waals surface area (Å²) in [6, 6.07) is 11.5. The van der Waals surface area contributed by atoms with Crippen molar-refractivity contribution in [2.75, 3.05) is 42.6 Å². The monoisotopic (exact) mass is 635 g/mol. The van der Waals surface area contributed by atoms with Crippen molar-refractivity contribution < 1.29 is 29.0 Å². The molecule has 3 aliphatic heterocycles. The van der Waals surface area contributed by atoms with Gasteiger partial charge in [-0.2, -0.15) is 0 Å². The van der Waals surface area contributed by atoms with Crippen LogP contribution >= 0.6 is 11.6 Å². The maximum Gasteiger partial charge on any atom is 0.253 e. The van der Waals surface area contributed by atoms with Crippen LogP contribution in [0.1, 0.15) is 32.8 Å². The van der Waals surface area contributed by atoms with Crippen molar-refractivity contribution in [3.8, 4) is 5.75 Å². The van der Waals surface area contributed by atoms with Crippen LogP contribution in [0.3, 0.4) is 0 Å². The Morgan fingerprint density at radius 2 is 1.80 bits per heavy atom. The minimum absolute atomic E-state index is 0.0818. The molecule has 0 radical (unpaired) electrons. The molecule has 240 valence electrons. The van der Waals surface area contributed by atoms with Gasteiger partial charge >= 0.3 is 0 Å². The zero-order valence-corrected chi connectivity index (χ0v) is 27.1. The number of halogens is 1. The second kappa shape index (κ2) is 12.6. The molecule has 3 fully saturated rings. The first-order valence-corrected chi connectivity index (χ1v) is 15.8. The fraction of sp³-hybridized carbons (Fsp3) is 0.457. The van der Waals surface area contributed by atoms with Crippen LogP contribution in [-0.2, 0) is 19.1 Å². The molecular formula is C35H42ClN3O6. The van der Waals surface area contributed by atoms with Gasteiger partial charge in [0, 0.05) is 25.3 Å². The number of likely N-dealkylation sites (tertiary alicyclic amines) is 1. The number of rotatable bonds is 12. The van der Waals surface area contributed by atoms with Gasteiger partial charge in [0.25, 0.3) is 5.91 Å². The lowest BCUT2D eigenvalue weighted by Crippen LogP contribution is -2.57. The van der Waals surface area contributed by atoms with E-state index in [1.54, 1.807) is 35.3 Å². The molecule has 3 unspecified atom stereocenters. The van der Waals surface area contributed by atoms with Gasteiger partial charge < -0.3 is 29.3 Å². The largest absolute Gasteiger partial charge is 0.494 e. The van der Waals surface area contributed by atoms with Crippen LogP contribution in [-0.4, -0.2) is 77.8 Å². The van der Waals surface area contributed by atoms with Crippen LogP contribution in [0.25, 0.3) is 0 Å². The van der Waals surface area contributed by atoms with Crippen molar-refractivity contribution in [3.05, 3.63) is 78.4 Å². The van der Waals surface area contributed by atoms with Crippen LogP contribution in [0, 0.1) is 24.7 Å². The smallest absolute Gasteiger partial charge is 0.253 e. The second-order valence-electron chi connectivity index (χ2n) is 12.3. The predicted octanol–water partition coefficient (Wildman–Crippen LogP) is 4.79. The molecule has 5 rings (SSSR count). The van der Waals surface area contributed by atoms with Gasteiger partial charge in [-0.3, -0.25) is 14.4 Å². The number of aliphatic hydroxyl groups is 1. The summed E-state index contributed by atoms with van der Waals surface area (Å²) in [7, 11) is 0. The molecule has 2 bridgehead atoms. The van der Waals surface area contributed by atoms with Gasteiger partial charge in [0.05, 0.1) is 41.4 Å². The van der Waals surface area contributed by atoms with Gasteiger partial charge in [-0.1, -0.05) is 42.8 Å². The van der Waals surface area contributed by atoms with E-state index in [2.05, 4.69) is 13.2 Å². The lowest BCUT2D eigenvalue weighted by Gasteiger charge is -2.39. The minimum Gasteiger partial charge on any atom is -0.494 e. The van der Waals surface area contributed by atoms with Crippen molar-refractivity contribution in [2.24, 2.45) is 17.8 Å². The van der Waals surface area contributed by atoms with E-state index in [1.165, 1.54) is 9.80 Å². The fourth-order valence-electron chi connectivity index (χ4n) is 7.78. The highest BCUT2D eigenvalue weighted by Gasteiger charge is 2.80. The van der Waals surface area contributed by atoms with Gasteiger partial charge in [-0.05, 0) is 69.0 Å². The summed E-state index contributed by atoms with van der Waals surface area (Å²) in [6.07, 6.45) is 3.65. The molecule has 45 heavy (non-hydrogen) atoms. The topological polar surface area (TPSA) is 99.6 Å². The number of nitrogens with zero attached hydrogens (tertiary/aromatic N) is 3. The van der Waals surface area contributed by atoms with Crippen molar-refractivity contribution >= 4 is 40.7 Å². The van der Waals surface area contributed by atoms with E-state index in [4.69, 9.17) is 21.1 Å². The molecular weight excluding hydrogens is 594 g/mol. The van der Waals surface area contributed by atoms with E-state index in [0.717, 1.165) is 5.56 Å². The summed E-state index contributed by atoms with van der Waals surface area (Å²) in [5, 5.41) is 10.5. The molecule has 10 heteroatoms. The Kier molecular flexibility index (Phi) is 9.18. The molecule has 1 spiro atoms. The standard InChI is InChI=1S/C35H42ClN3O6/c1-7-17-37(24-13-15-25(16-14-24)44-9-3)31(41)27-28-32(42)39(19-20-40)30(35(28)21-23(5)34(27,6)45-35)33(43)38(18-8-2)29-22(4)11-10-12-26(29)36/h7-8,10-16,23,27-28,30,40H,1-2,9,17-21H2,3-6H3/t23?,27-,28-,30?,34+,35?/m0/s1. The zero-order valence-electron chi connectivity index (χ0n) is 26.4. The number of carbonyl (C=O) groups excluding carboxylic acids is 3. The lowest BCUT2D eigenvalue weighted by atomic mass is 9.62. The summed E-state index contributed by atoms with van der Waals surface area (Å²) in [5.74, 6) is -2.34. The van der Waals surface area contributed by atoms with Crippen molar-refractivity contribution in [1.82, 2.24) is 4.90 Å². The highest BCUT2D eigenvalue weighted by atomic mass is 35.5. The molecule has 6 atom stereocenters. The molecule has 0 aromatic heterocycles. The molecule has 0 saturated carbocycles. The number of anilines is 2. The Labute approximate surface area is 270 Å². The Morgan fingerprint density at radius 1 is 1.13 bits per heavy atom. The first-order chi connectivity index (χ1) is 21.5. The maximum absolute atomic E-state index is 14.8. The number of hydrogen-bond acceptors (Lipinski definition) is 6. The maximum atomic E-state index is 14.8. The Bertz CT molecular complexity index is 1480. The minimum atomic E-state index is -1.29. The van der Waals surface area contributed by atoms with E-state index in [9.17, 15) is 19.5 Å². The van der Waals surface area contributed by atoms with Crippen LogP contribution < -0.4 is 14.5 Å².